The number of ether oxygens (including phenoxy) is 1. The highest BCUT2D eigenvalue weighted by Gasteiger charge is 2.48. The first-order valence-corrected chi connectivity index (χ1v) is 21.6. The van der Waals surface area contributed by atoms with Gasteiger partial charge in [-0.25, -0.2) is 0 Å². The molecule has 11 rings (SSSR count). The minimum atomic E-state index is -0.866. The van der Waals surface area contributed by atoms with Crippen LogP contribution in [0.15, 0.2) is 150 Å². The van der Waals surface area contributed by atoms with Gasteiger partial charge in [0.15, 0.2) is 0 Å². The second-order valence-corrected chi connectivity index (χ2v) is 17.2. The Morgan fingerprint density at radius 1 is 0.397 bits per heavy atom. The van der Waals surface area contributed by atoms with Gasteiger partial charge >= 0.3 is 0 Å². The molecule has 1 aliphatic carbocycles. The molecule has 0 unspecified atom stereocenters. The van der Waals surface area contributed by atoms with Gasteiger partial charge < -0.3 is 60.2 Å². The highest BCUT2D eigenvalue weighted by atomic mass is 16.5. The second-order valence-electron chi connectivity index (χ2n) is 17.2. The molecule has 2 heterocycles. The lowest BCUT2D eigenvalue weighted by Gasteiger charge is -2.31. The summed E-state index contributed by atoms with van der Waals surface area (Å²) >= 11 is 0. The van der Waals surface area contributed by atoms with Crippen LogP contribution in [-0.2, 0) is 0 Å². The molecule has 0 saturated carbocycles. The molecule has 68 heavy (non-hydrogen) atoms. The fourth-order valence-electron chi connectivity index (χ4n) is 10.2. The van der Waals surface area contributed by atoms with Crippen LogP contribution < -0.4 is 4.74 Å². The number of phenols is 10. The quantitative estimate of drug-likeness (QED) is 0.0675. The van der Waals surface area contributed by atoms with Gasteiger partial charge in [-0.2, -0.15) is 0 Å². The Morgan fingerprint density at radius 2 is 0.985 bits per heavy atom. The van der Waals surface area contributed by atoms with E-state index in [0.29, 0.717) is 83.7 Å². The molecule has 0 fully saturated rings. The maximum absolute atomic E-state index is 12.1. The molecule has 2 aliphatic rings. The van der Waals surface area contributed by atoms with Crippen LogP contribution in [0.5, 0.6) is 63.2 Å². The summed E-state index contributed by atoms with van der Waals surface area (Å²) in [7, 11) is 0. The van der Waals surface area contributed by atoms with Crippen LogP contribution in [0.2, 0.25) is 0 Å². The number of rotatable bonds is 7. The minimum absolute atomic E-state index is 0.00191. The molecule has 4 atom stereocenters. The van der Waals surface area contributed by atoms with E-state index in [1.165, 1.54) is 72.8 Å². The van der Waals surface area contributed by atoms with Crippen molar-refractivity contribution in [3.8, 4) is 85.7 Å². The third kappa shape index (κ3) is 7.02. The van der Waals surface area contributed by atoms with E-state index in [4.69, 9.17) is 9.15 Å². The summed E-state index contributed by atoms with van der Waals surface area (Å²) in [4.78, 5) is 0. The van der Waals surface area contributed by atoms with Gasteiger partial charge in [0.1, 0.15) is 80.7 Å². The maximum atomic E-state index is 12.1. The number of benzene rings is 8. The van der Waals surface area contributed by atoms with Crippen molar-refractivity contribution in [2.24, 2.45) is 0 Å². The van der Waals surface area contributed by atoms with Gasteiger partial charge in [-0.3, -0.25) is 0 Å². The van der Waals surface area contributed by atoms with Gasteiger partial charge in [0.2, 0.25) is 0 Å². The third-order valence-corrected chi connectivity index (χ3v) is 13.0. The lowest BCUT2D eigenvalue weighted by molar-refractivity contribution is 0.221. The normalized spacial score (nSPS) is 17.2. The summed E-state index contributed by atoms with van der Waals surface area (Å²) in [5.74, 6) is -2.75. The highest BCUT2D eigenvalue weighted by molar-refractivity contribution is 6.07. The molecular formula is C56H40O12. The SMILES string of the molecule is Oc1ccc(-c2oc3cc(O)cc(/C=C/c4ccc(O)c([C@H]5c6cc(O)cc7c6[C@H](c6cc(O)cc(O)c6[C@@H]5c5ccc(O)cc5)[C@@H](c5ccc(O)cc5)O7)c4)c3c2-c2cc(O)cc(O)c2)cc1. The Hall–Kier alpha value is -9.16. The predicted octanol–water partition coefficient (Wildman–Crippen LogP) is 11.5. The lowest BCUT2D eigenvalue weighted by Crippen LogP contribution is -2.16. The number of hydrogen-bond acceptors (Lipinski definition) is 12. The topological polar surface area (TPSA) is 225 Å². The van der Waals surface area contributed by atoms with Crippen molar-refractivity contribution >= 4 is 23.1 Å². The summed E-state index contributed by atoms with van der Waals surface area (Å²) in [5.41, 5.74) is 6.68. The molecule has 0 radical (unpaired) electrons. The van der Waals surface area contributed by atoms with Crippen molar-refractivity contribution in [1.29, 1.82) is 0 Å². The monoisotopic (exact) mass is 904 g/mol. The molecule has 12 nitrogen and oxygen atoms in total. The van der Waals surface area contributed by atoms with E-state index < -0.39 is 23.9 Å². The first kappa shape index (κ1) is 41.5. The first-order chi connectivity index (χ1) is 32.8. The molecule has 0 bridgehead atoms. The van der Waals surface area contributed by atoms with Crippen molar-refractivity contribution in [2.45, 2.75) is 23.9 Å². The van der Waals surface area contributed by atoms with Crippen molar-refractivity contribution < 1.29 is 60.2 Å². The Bertz CT molecular complexity index is 3480. The summed E-state index contributed by atoms with van der Waals surface area (Å²) in [6.07, 6.45) is 2.79. The third-order valence-electron chi connectivity index (χ3n) is 13.0. The summed E-state index contributed by atoms with van der Waals surface area (Å²) in [6, 6.07) is 37.5. The zero-order chi connectivity index (χ0) is 47.1. The molecule has 0 saturated heterocycles. The van der Waals surface area contributed by atoms with E-state index in [9.17, 15) is 51.1 Å². The zero-order valence-corrected chi connectivity index (χ0v) is 35.6. The largest absolute Gasteiger partial charge is 0.508 e. The van der Waals surface area contributed by atoms with Gasteiger partial charge in [0.25, 0.3) is 0 Å². The molecule has 1 aromatic heterocycles. The van der Waals surface area contributed by atoms with Crippen molar-refractivity contribution in [1.82, 2.24) is 0 Å². The first-order valence-electron chi connectivity index (χ1n) is 21.6. The second kappa shape index (κ2) is 15.8. The van der Waals surface area contributed by atoms with Crippen molar-refractivity contribution in [2.75, 3.05) is 0 Å². The van der Waals surface area contributed by atoms with Crippen LogP contribution in [-0.4, -0.2) is 51.1 Å². The smallest absolute Gasteiger partial charge is 0.143 e. The van der Waals surface area contributed by atoms with E-state index in [-0.39, 0.29) is 63.1 Å². The number of fused-ring (bicyclic) bond motifs is 3. The van der Waals surface area contributed by atoms with Crippen LogP contribution in [0.4, 0.5) is 0 Å². The molecule has 0 amide bonds. The van der Waals surface area contributed by atoms with Crippen LogP contribution in [0.3, 0.4) is 0 Å². The summed E-state index contributed by atoms with van der Waals surface area (Å²) in [6.45, 7) is 0. The minimum Gasteiger partial charge on any atom is -0.508 e. The van der Waals surface area contributed by atoms with Crippen molar-refractivity contribution in [3.63, 3.8) is 0 Å². The number of hydrogen-bond donors (Lipinski definition) is 10. The van der Waals surface area contributed by atoms with Gasteiger partial charge in [0.05, 0.1) is 5.92 Å². The fourth-order valence-corrected chi connectivity index (χ4v) is 10.2. The molecular weight excluding hydrogens is 865 g/mol. The Kier molecular flexibility index (Phi) is 9.64. The molecule has 12 heteroatoms. The maximum Gasteiger partial charge on any atom is 0.143 e. The van der Waals surface area contributed by atoms with Crippen LogP contribution >= 0.6 is 0 Å². The Labute approximate surface area is 387 Å². The highest BCUT2D eigenvalue weighted by Crippen LogP contribution is 2.63. The van der Waals surface area contributed by atoms with E-state index in [1.807, 2.05) is 0 Å². The van der Waals surface area contributed by atoms with Crippen LogP contribution in [0.1, 0.15) is 73.9 Å². The van der Waals surface area contributed by atoms with Crippen molar-refractivity contribution in [3.05, 3.63) is 196 Å². The molecule has 10 N–H and O–H groups in total. The predicted molar refractivity (Wildman–Crippen MR) is 254 cm³/mol. The van der Waals surface area contributed by atoms with E-state index >= 15 is 0 Å². The lowest BCUT2D eigenvalue weighted by atomic mass is 9.73. The molecule has 0 spiro atoms. The average Bonchev–Trinajstić information content (AvgIpc) is 3.84. The average molecular weight is 905 g/mol. The Balaban J connectivity index is 1.13. The van der Waals surface area contributed by atoms with E-state index in [2.05, 4.69) is 0 Å². The van der Waals surface area contributed by atoms with Gasteiger partial charge in [-0.1, -0.05) is 42.5 Å². The summed E-state index contributed by atoms with van der Waals surface area (Å²) < 4.78 is 13.1. The van der Waals surface area contributed by atoms with Gasteiger partial charge in [0, 0.05) is 69.3 Å². The van der Waals surface area contributed by atoms with Crippen LogP contribution in [0, 0.1) is 0 Å². The molecule has 9 aromatic rings. The van der Waals surface area contributed by atoms with Gasteiger partial charge in [-0.05, 0) is 130 Å². The molecule has 336 valence electrons. The molecule has 1 aliphatic heterocycles. The summed E-state index contributed by atoms with van der Waals surface area (Å²) in [5, 5.41) is 110. The number of aromatic hydroxyl groups is 10. The van der Waals surface area contributed by atoms with E-state index in [1.54, 1.807) is 84.9 Å². The Morgan fingerprint density at radius 3 is 1.66 bits per heavy atom. The number of phenolic OH excluding ortho intramolecular Hbond substituents is 10. The number of furan rings is 1. The van der Waals surface area contributed by atoms with Crippen LogP contribution in [0.25, 0.3) is 45.6 Å². The fraction of sp³-hybridized carbons (Fsp3) is 0.0714. The molecule has 8 aromatic carbocycles. The van der Waals surface area contributed by atoms with E-state index in [0.717, 1.165) is 0 Å². The van der Waals surface area contributed by atoms with Gasteiger partial charge in [-0.15, -0.1) is 0 Å². The standard InChI is InChI=1S/C56H40O12/c57-33-10-4-28(5-11-33)49-51(42-23-40(64)26-47-53(42)54(43-22-39(63)24-45(66)52(43)49)56(68-47)30-8-14-35(59)15-9-30)41-17-27(2-16-44(41)65)1-3-31-18-38(62)25-46-48(31)50(32-19-36(60)21-37(61)20-32)55(67-46)29-6-12-34(58)13-7-29/h1-26,49,51,54,56-66H/b3-1+/t49-,51+,54+,56-/m1/s1. The zero-order valence-electron chi connectivity index (χ0n) is 35.6.